The van der Waals surface area contributed by atoms with Gasteiger partial charge in [0.1, 0.15) is 22.3 Å². The first-order chi connectivity index (χ1) is 46.3. The third-order valence-electron chi connectivity index (χ3n) is 10.3. The molecule has 9 aromatic carbocycles. The summed E-state index contributed by atoms with van der Waals surface area (Å²) in [6.07, 6.45) is -1.86. The van der Waals surface area contributed by atoms with Crippen LogP contribution in [0.3, 0.4) is 0 Å². The van der Waals surface area contributed by atoms with E-state index in [1.807, 2.05) is 0 Å². The molecule has 0 saturated carbocycles. The molecule has 13 rings (SSSR count). The summed E-state index contributed by atoms with van der Waals surface area (Å²) in [6.45, 7) is 0. The summed E-state index contributed by atoms with van der Waals surface area (Å²) >= 11 is 0.629. The van der Waals surface area contributed by atoms with Gasteiger partial charge in [-0.05, 0) is 94.2 Å². The molecule has 64 heavy (non-hydrogen) atoms. The van der Waals surface area contributed by atoms with Gasteiger partial charge in [0.05, 0.1) is 46.6 Å². The molecule has 0 fully saturated rings. The lowest BCUT2D eigenvalue weighted by molar-refractivity contribution is 0.664. The standard InChI is InChI=1S/C60H39NO2S/c1-3-12-38(13-4-1)40-26-30-44(31-27-40)61(45-32-28-41(29-33-45)39-14-5-2-6-15-39)46-34-35-48-52-37-55-58(51-17-7-9-20-53(51)62-55)57(59(52)63-54(48)36-46)43-24-22-42(23-25-43)47-18-11-19-50-49-16-8-10-21-56(49)64-60(47)50/h1-14,16-37,39H,15H2/i1D,2D,3D,4D,5D,6D,7D,8D,9D,10D,11D,12D,13D,14D,15D,16D,17D,18D,19D,20D,21D,22D,23D,24D,25D,26D,27D,28D,30D,31D,32D,33D,34D,36D,37D. The zero-order valence-electron chi connectivity index (χ0n) is 67.0. The van der Waals surface area contributed by atoms with Crippen molar-refractivity contribution in [2.75, 3.05) is 4.90 Å². The van der Waals surface area contributed by atoms with Crippen LogP contribution in [-0.2, 0) is 0 Å². The summed E-state index contributed by atoms with van der Waals surface area (Å²) in [5.74, 6) is -1.75. The molecular formula is C60H39NO2S. The van der Waals surface area contributed by atoms with E-state index in [9.17, 15) is 21.9 Å². The molecule has 0 saturated heterocycles. The van der Waals surface area contributed by atoms with Crippen LogP contribution in [0.1, 0.15) is 65.9 Å². The van der Waals surface area contributed by atoms with Crippen LogP contribution < -0.4 is 4.90 Å². The van der Waals surface area contributed by atoms with Crippen molar-refractivity contribution in [3.63, 3.8) is 0 Å². The quantitative estimate of drug-likeness (QED) is 0.160. The van der Waals surface area contributed by atoms with Crippen molar-refractivity contribution in [2.24, 2.45) is 0 Å². The molecule has 2 atom stereocenters. The molecule has 0 bridgehead atoms. The van der Waals surface area contributed by atoms with Crippen molar-refractivity contribution in [2.45, 2.75) is 12.3 Å². The first-order valence-corrected chi connectivity index (χ1v) is 19.8. The Bertz CT molecular complexity index is 5820. The van der Waals surface area contributed by atoms with Crippen molar-refractivity contribution in [3.05, 3.63) is 223 Å². The first-order valence-electron chi connectivity index (χ1n) is 36.6. The van der Waals surface area contributed by atoms with Crippen molar-refractivity contribution >= 4 is 92.4 Å². The van der Waals surface area contributed by atoms with E-state index >= 15 is 0 Å². The zero-order chi connectivity index (χ0) is 72.6. The maximum Gasteiger partial charge on any atom is 0.144 e. The highest BCUT2D eigenvalue weighted by molar-refractivity contribution is 7.26. The van der Waals surface area contributed by atoms with E-state index in [-0.39, 0.29) is 20.2 Å². The van der Waals surface area contributed by atoms with E-state index in [2.05, 4.69) is 0 Å². The van der Waals surface area contributed by atoms with Crippen LogP contribution in [0.4, 0.5) is 17.1 Å². The summed E-state index contributed by atoms with van der Waals surface area (Å²) < 4.78 is 330. The van der Waals surface area contributed by atoms with E-state index in [4.69, 9.17) is 34.9 Å². The molecular weight excluding hydrogens is 799 g/mol. The maximum atomic E-state index is 10.1. The van der Waals surface area contributed by atoms with Gasteiger partial charge in [-0.15, -0.1) is 11.3 Å². The van der Waals surface area contributed by atoms with E-state index in [0.29, 0.717) is 16.2 Å². The fourth-order valence-corrected chi connectivity index (χ4v) is 8.51. The highest BCUT2D eigenvalue weighted by Gasteiger charge is 2.23. The smallest absolute Gasteiger partial charge is 0.144 e. The number of fused-ring (bicyclic) bond motifs is 9. The van der Waals surface area contributed by atoms with Crippen molar-refractivity contribution in [3.8, 4) is 33.4 Å². The highest BCUT2D eigenvalue weighted by Crippen LogP contribution is 2.47. The Hall–Kier alpha value is -7.92. The molecule has 0 amide bonds. The van der Waals surface area contributed by atoms with Crippen LogP contribution >= 0.6 is 11.3 Å². The molecule has 1 aliphatic rings. The van der Waals surface area contributed by atoms with Gasteiger partial charge in [0.25, 0.3) is 0 Å². The highest BCUT2D eigenvalue weighted by atomic mass is 32.1. The Balaban J connectivity index is 1.16. The minimum Gasteiger partial charge on any atom is -0.456 e. The molecule has 1 aliphatic carbocycles. The largest absolute Gasteiger partial charge is 0.456 e. The topological polar surface area (TPSA) is 29.5 Å². The van der Waals surface area contributed by atoms with Gasteiger partial charge in [-0.1, -0.05) is 157 Å². The molecule has 3 aromatic heterocycles. The third kappa shape index (κ3) is 6.02. The number of thiophene rings is 1. The number of furan rings is 2. The molecule has 3 nitrogen and oxygen atoms in total. The monoisotopic (exact) mass is 872 g/mol. The summed E-state index contributed by atoms with van der Waals surface area (Å²) in [7, 11) is 0. The molecule has 0 spiro atoms. The third-order valence-corrected chi connectivity index (χ3v) is 11.4. The van der Waals surface area contributed by atoms with Crippen molar-refractivity contribution in [1.82, 2.24) is 0 Å². The van der Waals surface area contributed by atoms with Crippen molar-refractivity contribution in [1.29, 1.82) is 0 Å². The second-order valence-electron chi connectivity index (χ2n) is 13.9. The normalized spacial score (nSPS) is 23.3. The average Bonchev–Trinajstić information content (AvgIpc) is 1.57. The van der Waals surface area contributed by atoms with Gasteiger partial charge in [-0.2, -0.15) is 0 Å². The molecule has 0 radical (unpaired) electrons. The SMILES string of the molecule is [2H]C1=C([2H])C([2H])C(c2cc([2H])c(N(c3c([2H])c([2H])c(-c4c([2H])c([2H])c([2H])c([2H])c4[2H])c([2H])c3[2H])c3c([2H])cc4c(oc5c(-c6c([2H])c([2H])c(-c7c([2H])c([2H])c([2H])c8c7sc7c([2H])c([2H])c([2H])c([2H])c78)c([2H])c6[2H])c6c(oc7c([2H])c([2H])c([2H])c([2H])c76)c([2H])c54)c3[2H])c([2H])c2[2H])C([2H])=C1[2H]. The summed E-state index contributed by atoms with van der Waals surface area (Å²) in [5, 5.41) is -2.47. The Morgan fingerprint density at radius 3 is 2.12 bits per heavy atom. The number of anilines is 3. The molecule has 3 heterocycles. The van der Waals surface area contributed by atoms with Gasteiger partial charge in [-0.25, -0.2) is 0 Å². The van der Waals surface area contributed by atoms with Gasteiger partial charge in [0.15, 0.2) is 0 Å². The second kappa shape index (κ2) is 14.9. The lowest BCUT2D eigenvalue weighted by atomic mass is 9.92. The average molecular weight is 873 g/mol. The van der Waals surface area contributed by atoms with Crippen LogP contribution in [0, 0.1) is 0 Å². The Morgan fingerprint density at radius 1 is 0.516 bits per heavy atom. The Kier molecular flexibility index (Phi) is 3.72. The lowest BCUT2D eigenvalue weighted by Crippen LogP contribution is -2.10. The summed E-state index contributed by atoms with van der Waals surface area (Å²) in [6, 6.07) is -28.8. The van der Waals surface area contributed by atoms with Gasteiger partial charge >= 0.3 is 0 Å². The minimum absolute atomic E-state index is 0.138. The van der Waals surface area contributed by atoms with E-state index in [0.717, 1.165) is 12.1 Å². The fraction of sp³-hybridized carbons (Fsp3) is 0.0333. The van der Waals surface area contributed by atoms with Crippen molar-refractivity contribution < 1.29 is 56.8 Å². The fourth-order valence-electron chi connectivity index (χ4n) is 7.43. The van der Waals surface area contributed by atoms with Gasteiger partial charge in [0.2, 0.25) is 0 Å². The molecule has 12 aromatic rings. The number of rotatable bonds is 7. The van der Waals surface area contributed by atoms with Gasteiger partial charge in [0, 0.05) is 77.7 Å². The van der Waals surface area contributed by atoms with E-state index in [1.165, 1.54) is 0 Å². The van der Waals surface area contributed by atoms with E-state index in [1.54, 1.807) is 0 Å². The number of allylic oxidation sites excluding steroid dienone is 4. The predicted molar refractivity (Wildman–Crippen MR) is 271 cm³/mol. The second-order valence-corrected chi connectivity index (χ2v) is 14.9. The predicted octanol–water partition coefficient (Wildman–Crippen LogP) is 17.9. The number of hydrogen-bond donors (Lipinski definition) is 0. The van der Waals surface area contributed by atoms with Gasteiger partial charge < -0.3 is 13.7 Å². The molecule has 0 N–H and O–H groups in total. The van der Waals surface area contributed by atoms with Crippen LogP contribution in [0.15, 0.2) is 226 Å². The molecule has 2 unspecified atom stereocenters. The maximum absolute atomic E-state index is 10.1. The summed E-state index contributed by atoms with van der Waals surface area (Å²) in [4.78, 5) is 0.511. The first kappa shape index (κ1) is 16.0. The number of benzene rings is 9. The van der Waals surface area contributed by atoms with Gasteiger partial charge in [-0.3, -0.25) is 0 Å². The van der Waals surface area contributed by atoms with Crippen LogP contribution in [-0.4, -0.2) is 0 Å². The number of hydrogen-bond acceptors (Lipinski definition) is 4. The summed E-state index contributed by atoms with van der Waals surface area (Å²) in [5.41, 5.74) is -10.4. The lowest BCUT2D eigenvalue weighted by Gasteiger charge is -2.26. The number of para-hydroxylation sites is 1. The molecule has 0 aliphatic heterocycles. The van der Waals surface area contributed by atoms with Crippen LogP contribution in [0.25, 0.3) is 97.4 Å². The molecule has 302 valence electrons. The number of nitrogens with zero attached hydrogens (tertiary/aromatic N) is 1. The Morgan fingerprint density at radius 2 is 1.23 bits per heavy atom. The van der Waals surface area contributed by atoms with E-state index < -0.39 is 318 Å². The van der Waals surface area contributed by atoms with Crippen LogP contribution in [0.5, 0.6) is 0 Å². The Labute approximate surface area is 423 Å². The van der Waals surface area contributed by atoms with Crippen LogP contribution in [0.2, 0.25) is 0 Å². The molecule has 4 heteroatoms. The minimum atomic E-state index is -1.86. The zero-order valence-corrected chi connectivity index (χ0v) is 32.8.